The van der Waals surface area contributed by atoms with Crippen molar-refractivity contribution >= 4 is 5.91 Å². The summed E-state index contributed by atoms with van der Waals surface area (Å²) >= 11 is 0. The largest absolute Gasteiger partial charge is 0.352 e. The SMILES string of the molecule is O=C1C(C2C=CCCC2)C[C@H]2CO[C@H](c3ccccc3)N12. The first kappa shape index (κ1) is 13.1. The molecule has 1 aromatic rings. The van der Waals surface area contributed by atoms with Crippen LogP contribution in [0.3, 0.4) is 0 Å². The Balaban J connectivity index is 1.57. The van der Waals surface area contributed by atoms with Crippen molar-refractivity contribution in [3.63, 3.8) is 0 Å². The third-order valence-electron chi connectivity index (χ3n) is 5.08. The van der Waals surface area contributed by atoms with Gasteiger partial charge in [0.15, 0.2) is 6.23 Å². The van der Waals surface area contributed by atoms with E-state index in [1.807, 2.05) is 35.2 Å². The molecule has 0 spiro atoms. The Bertz CT molecular complexity index is 554. The molecule has 3 nitrogen and oxygen atoms in total. The summed E-state index contributed by atoms with van der Waals surface area (Å²) < 4.78 is 5.90. The fourth-order valence-corrected chi connectivity index (χ4v) is 4.02. The van der Waals surface area contributed by atoms with Gasteiger partial charge in [-0.2, -0.15) is 0 Å². The summed E-state index contributed by atoms with van der Waals surface area (Å²) in [5.41, 5.74) is 1.09. The lowest BCUT2D eigenvalue weighted by molar-refractivity contribution is -0.138. The van der Waals surface area contributed by atoms with Crippen molar-refractivity contribution in [2.75, 3.05) is 6.61 Å². The molecule has 0 aromatic heterocycles. The minimum Gasteiger partial charge on any atom is -0.352 e. The van der Waals surface area contributed by atoms with Gasteiger partial charge < -0.3 is 9.64 Å². The highest BCUT2D eigenvalue weighted by molar-refractivity contribution is 5.82. The molecule has 2 fully saturated rings. The second-order valence-corrected chi connectivity index (χ2v) is 6.36. The predicted octanol–water partition coefficient (Wildman–Crippen LogP) is 3.29. The van der Waals surface area contributed by atoms with Crippen LogP contribution in [0.4, 0.5) is 0 Å². The Kier molecular flexibility index (Phi) is 3.30. The highest BCUT2D eigenvalue weighted by atomic mass is 16.5. The summed E-state index contributed by atoms with van der Waals surface area (Å²) in [4.78, 5) is 14.9. The average molecular weight is 283 g/mol. The number of allylic oxidation sites excluding steroid dienone is 2. The Morgan fingerprint density at radius 2 is 2.05 bits per heavy atom. The zero-order chi connectivity index (χ0) is 14.2. The standard InChI is InChI=1S/C18H21NO2/c20-17-16(13-7-3-1-4-8-13)11-15-12-21-18(19(15)17)14-9-5-2-6-10-14/h2-3,5-7,9-10,13,15-16,18H,1,4,8,11-12H2/t13?,15-,16?,18+/m0/s1. The van der Waals surface area contributed by atoms with Crippen LogP contribution in [0.25, 0.3) is 0 Å². The van der Waals surface area contributed by atoms with Crippen LogP contribution in [-0.2, 0) is 9.53 Å². The quantitative estimate of drug-likeness (QED) is 0.779. The molecule has 0 N–H and O–H groups in total. The minimum absolute atomic E-state index is 0.168. The van der Waals surface area contributed by atoms with Crippen molar-refractivity contribution < 1.29 is 9.53 Å². The van der Waals surface area contributed by atoms with E-state index in [0.29, 0.717) is 18.4 Å². The van der Waals surface area contributed by atoms with E-state index in [2.05, 4.69) is 12.2 Å². The van der Waals surface area contributed by atoms with Gasteiger partial charge in [-0.1, -0.05) is 42.5 Å². The Hall–Kier alpha value is -1.61. The summed E-state index contributed by atoms with van der Waals surface area (Å²) in [5.74, 6) is 0.901. The normalized spacial score (nSPS) is 35.2. The first-order valence-corrected chi connectivity index (χ1v) is 8.00. The number of hydrogen-bond acceptors (Lipinski definition) is 2. The molecule has 0 bridgehead atoms. The summed E-state index contributed by atoms with van der Waals surface area (Å²) in [5, 5.41) is 0. The molecule has 2 heterocycles. The van der Waals surface area contributed by atoms with E-state index < -0.39 is 0 Å². The van der Waals surface area contributed by atoms with Crippen LogP contribution >= 0.6 is 0 Å². The average Bonchev–Trinajstić information content (AvgIpc) is 3.10. The molecule has 21 heavy (non-hydrogen) atoms. The van der Waals surface area contributed by atoms with Crippen molar-refractivity contribution in [2.45, 2.75) is 38.0 Å². The maximum atomic E-state index is 12.9. The molecule has 0 saturated carbocycles. The van der Waals surface area contributed by atoms with E-state index in [1.165, 1.54) is 12.8 Å². The van der Waals surface area contributed by atoms with Crippen molar-refractivity contribution in [1.29, 1.82) is 0 Å². The number of amides is 1. The van der Waals surface area contributed by atoms with E-state index in [-0.39, 0.29) is 18.2 Å². The zero-order valence-corrected chi connectivity index (χ0v) is 12.2. The highest BCUT2D eigenvalue weighted by Crippen LogP contribution is 2.43. The summed E-state index contributed by atoms with van der Waals surface area (Å²) in [6, 6.07) is 10.4. The lowest BCUT2D eigenvalue weighted by atomic mass is 9.83. The molecule has 2 unspecified atom stereocenters. The van der Waals surface area contributed by atoms with Crippen LogP contribution in [0.1, 0.15) is 37.5 Å². The number of benzene rings is 1. The summed E-state index contributed by atoms with van der Waals surface area (Å²) in [6.07, 6.45) is 8.83. The van der Waals surface area contributed by atoms with Gasteiger partial charge in [0.2, 0.25) is 5.91 Å². The fourth-order valence-electron chi connectivity index (χ4n) is 4.02. The van der Waals surface area contributed by atoms with Gasteiger partial charge in [-0.05, 0) is 31.6 Å². The van der Waals surface area contributed by atoms with Crippen molar-refractivity contribution in [3.8, 4) is 0 Å². The maximum absolute atomic E-state index is 12.9. The van der Waals surface area contributed by atoms with Gasteiger partial charge >= 0.3 is 0 Å². The molecule has 2 aliphatic heterocycles. The number of rotatable bonds is 2. The second kappa shape index (κ2) is 5.30. The van der Waals surface area contributed by atoms with Crippen LogP contribution in [0.2, 0.25) is 0 Å². The first-order valence-electron chi connectivity index (χ1n) is 8.00. The van der Waals surface area contributed by atoms with E-state index in [4.69, 9.17) is 4.74 Å². The Morgan fingerprint density at radius 1 is 1.19 bits per heavy atom. The molecule has 3 aliphatic rings. The van der Waals surface area contributed by atoms with Gasteiger partial charge in [-0.25, -0.2) is 0 Å². The number of carbonyl (C=O) groups excluding carboxylic acids is 1. The zero-order valence-electron chi connectivity index (χ0n) is 12.2. The van der Waals surface area contributed by atoms with Crippen LogP contribution in [-0.4, -0.2) is 23.5 Å². The fraction of sp³-hybridized carbons (Fsp3) is 0.500. The monoisotopic (exact) mass is 283 g/mol. The van der Waals surface area contributed by atoms with E-state index >= 15 is 0 Å². The highest BCUT2D eigenvalue weighted by Gasteiger charge is 2.49. The van der Waals surface area contributed by atoms with Gasteiger partial charge in [-0.3, -0.25) is 4.79 Å². The molecule has 4 atom stereocenters. The van der Waals surface area contributed by atoms with Crippen LogP contribution < -0.4 is 0 Å². The van der Waals surface area contributed by atoms with E-state index in [1.54, 1.807) is 0 Å². The van der Waals surface area contributed by atoms with E-state index in [9.17, 15) is 4.79 Å². The van der Waals surface area contributed by atoms with Crippen molar-refractivity contribution in [1.82, 2.24) is 4.90 Å². The lowest BCUT2D eigenvalue weighted by Gasteiger charge is -2.25. The lowest BCUT2D eigenvalue weighted by Crippen LogP contribution is -2.33. The van der Waals surface area contributed by atoms with E-state index in [0.717, 1.165) is 18.4 Å². The van der Waals surface area contributed by atoms with Crippen LogP contribution in [0.15, 0.2) is 42.5 Å². The van der Waals surface area contributed by atoms with Gasteiger partial charge in [0, 0.05) is 11.5 Å². The van der Waals surface area contributed by atoms with Crippen LogP contribution in [0.5, 0.6) is 0 Å². The molecule has 1 aliphatic carbocycles. The molecule has 3 heteroatoms. The molecule has 1 amide bonds. The number of nitrogens with zero attached hydrogens (tertiary/aromatic N) is 1. The molecule has 4 rings (SSSR count). The molecule has 0 radical (unpaired) electrons. The molecule has 2 saturated heterocycles. The summed E-state index contributed by atoms with van der Waals surface area (Å²) in [7, 11) is 0. The number of carbonyl (C=O) groups is 1. The first-order chi connectivity index (χ1) is 10.3. The topological polar surface area (TPSA) is 29.5 Å². The minimum atomic E-state index is -0.179. The Morgan fingerprint density at radius 3 is 2.81 bits per heavy atom. The Labute approximate surface area is 125 Å². The number of ether oxygens (including phenoxy) is 1. The van der Waals surface area contributed by atoms with Crippen LogP contribution in [0, 0.1) is 11.8 Å². The maximum Gasteiger partial charge on any atom is 0.228 e. The number of hydrogen-bond donors (Lipinski definition) is 0. The molecular weight excluding hydrogens is 262 g/mol. The third kappa shape index (κ3) is 2.20. The molecule has 1 aromatic carbocycles. The second-order valence-electron chi connectivity index (χ2n) is 6.36. The van der Waals surface area contributed by atoms with Gasteiger partial charge in [-0.15, -0.1) is 0 Å². The summed E-state index contributed by atoms with van der Waals surface area (Å²) in [6.45, 7) is 0.679. The molecule has 110 valence electrons. The third-order valence-corrected chi connectivity index (χ3v) is 5.08. The van der Waals surface area contributed by atoms with Crippen molar-refractivity contribution in [3.05, 3.63) is 48.0 Å². The smallest absolute Gasteiger partial charge is 0.228 e. The van der Waals surface area contributed by atoms with Gasteiger partial charge in [0.05, 0.1) is 12.6 Å². The van der Waals surface area contributed by atoms with Gasteiger partial charge in [0.25, 0.3) is 0 Å². The van der Waals surface area contributed by atoms with Crippen molar-refractivity contribution in [2.24, 2.45) is 11.8 Å². The predicted molar refractivity (Wildman–Crippen MR) is 80.4 cm³/mol. The van der Waals surface area contributed by atoms with Gasteiger partial charge in [0.1, 0.15) is 0 Å². The molecular formula is C18H21NO2. The number of fused-ring (bicyclic) bond motifs is 1.